The van der Waals surface area contributed by atoms with E-state index < -0.39 is 0 Å². The number of aryl methyl sites for hydroxylation is 1. The van der Waals surface area contributed by atoms with E-state index in [1.54, 1.807) is 0 Å². The Labute approximate surface area is 113 Å². The molecule has 0 radical (unpaired) electrons. The van der Waals surface area contributed by atoms with Crippen LogP contribution in [0.25, 0.3) is 0 Å². The Balaban J connectivity index is 1.82. The fourth-order valence-corrected chi connectivity index (χ4v) is 2.36. The molecule has 1 unspecified atom stereocenters. The van der Waals surface area contributed by atoms with Crippen LogP contribution < -0.4 is 5.73 Å². The second-order valence-electron chi connectivity index (χ2n) is 4.99. The molecule has 1 aromatic rings. The van der Waals surface area contributed by atoms with Gasteiger partial charge in [-0.3, -0.25) is 14.5 Å². The number of rotatable bonds is 4. The van der Waals surface area contributed by atoms with Gasteiger partial charge in [0, 0.05) is 46.0 Å². The monoisotopic (exact) mass is 266 g/mol. The molecule has 106 valence electrons. The summed E-state index contributed by atoms with van der Waals surface area (Å²) in [5.41, 5.74) is 6.74. The Morgan fingerprint density at radius 3 is 2.68 bits per heavy atom. The normalized spacial score (nSPS) is 20.6. The second kappa shape index (κ2) is 6.03. The van der Waals surface area contributed by atoms with Gasteiger partial charge in [0.25, 0.3) is 0 Å². The van der Waals surface area contributed by atoms with Crippen molar-refractivity contribution in [3.05, 3.63) is 18.0 Å². The summed E-state index contributed by atoms with van der Waals surface area (Å²) in [5.74, 6) is 0.276. The molecule has 19 heavy (non-hydrogen) atoms. The molecule has 3 N–H and O–H groups in total. The van der Waals surface area contributed by atoms with Gasteiger partial charge in [0.2, 0.25) is 0 Å². The van der Waals surface area contributed by atoms with Gasteiger partial charge in [-0.2, -0.15) is 5.10 Å². The quantitative estimate of drug-likeness (QED) is 0.337. The maximum absolute atomic E-state index is 8.70. The number of piperazine rings is 1. The molecule has 0 saturated carbocycles. The molecular formula is C12H22N6O. The van der Waals surface area contributed by atoms with E-state index in [4.69, 9.17) is 10.9 Å². The molecule has 1 saturated heterocycles. The first-order chi connectivity index (χ1) is 9.10. The minimum atomic E-state index is -0.0120. The van der Waals surface area contributed by atoms with Crippen molar-refractivity contribution in [2.45, 2.75) is 19.5 Å². The van der Waals surface area contributed by atoms with Crippen molar-refractivity contribution < 1.29 is 5.21 Å². The van der Waals surface area contributed by atoms with Crippen molar-refractivity contribution >= 4 is 5.84 Å². The number of hydrogen-bond acceptors (Lipinski definition) is 5. The van der Waals surface area contributed by atoms with Crippen LogP contribution in [0, 0.1) is 0 Å². The van der Waals surface area contributed by atoms with E-state index in [1.807, 2.05) is 30.9 Å². The minimum absolute atomic E-state index is 0.0120. The topological polar surface area (TPSA) is 82.9 Å². The fraction of sp³-hybridized carbons (Fsp3) is 0.667. The first-order valence-electron chi connectivity index (χ1n) is 6.52. The second-order valence-corrected chi connectivity index (χ2v) is 4.99. The highest BCUT2D eigenvalue weighted by molar-refractivity contribution is 5.84. The van der Waals surface area contributed by atoms with Gasteiger partial charge < -0.3 is 10.9 Å². The van der Waals surface area contributed by atoms with Crippen molar-refractivity contribution in [2.75, 3.05) is 26.2 Å². The molecule has 7 heteroatoms. The summed E-state index contributed by atoms with van der Waals surface area (Å²) in [4.78, 5) is 4.60. The molecule has 1 aliphatic rings. The van der Waals surface area contributed by atoms with Crippen LogP contribution in [-0.4, -0.2) is 62.8 Å². The van der Waals surface area contributed by atoms with Crippen molar-refractivity contribution in [2.24, 2.45) is 17.9 Å². The maximum Gasteiger partial charge on any atom is 0.156 e. The SMILES string of the molecule is CC(/C(N)=N/O)N1CCN(Cc2ccn(C)n2)CC1. The molecule has 1 fully saturated rings. The zero-order valence-electron chi connectivity index (χ0n) is 11.5. The molecule has 1 aliphatic heterocycles. The zero-order chi connectivity index (χ0) is 13.8. The molecule has 0 amide bonds. The van der Waals surface area contributed by atoms with Gasteiger partial charge in [-0.25, -0.2) is 0 Å². The minimum Gasteiger partial charge on any atom is -0.409 e. The molecule has 0 spiro atoms. The van der Waals surface area contributed by atoms with Crippen molar-refractivity contribution in [3.8, 4) is 0 Å². The highest BCUT2D eigenvalue weighted by Gasteiger charge is 2.23. The third-order valence-corrected chi connectivity index (χ3v) is 3.65. The van der Waals surface area contributed by atoms with Gasteiger partial charge in [0.1, 0.15) is 0 Å². The Morgan fingerprint density at radius 1 is 1.47 bits per heavy atom. The van der Waals surface area contributed by atoms with Gasteiger partial charge in [-0.1, -0.05) is 5.16 Å². The number of amidine groups is 1. The zero-order valence-corrected chi connectivity index (χ0v) is 11.5. The van der Waals surface area contributed by atoms with Gasteiger partial charge in [-0.15, -0.1) is 0 Å². The predicted octanol–water partition coefficient (Wildman–Crippen LogP) is -0.327. The van der Waals surface area contributed by atoms with E-state index in [0.29, 0.717) is 0 Å². The lowest BCUT2D eigenvalue weighted by Gasteiger charge is -2.37. The standard InChI is InChI=1S/C12H22N6O/c1-10(12(13)15-19)18-7-5-17(6-8-18)9-11-3-4-16(2)14-11/h3-4,10,19H,5-9H2,1-2H3,(H2,13,15). The molecule has 2 rings (SSSR count). The molecule has 0 aromatic carbocycles. The average Bonchev–Trinajstić information content (AvgIpc) is 2.83. The smallest absolute Gasteiger partial charge is 0.156 e. The van der Waals surface area contributed by atoms with Crippen LogP contribution in [0.5, 0.6) is 0 Å². The molecule has 0 bridgehead atoms. The van der Waals surface area contributed by atoms with Crippen LogP contribution >= 0.6 is 0 Å². The summed E-state index contributed by atoms with van der Waals surface area (Å²) in [7, 11) is 1.93. The van der Waals surface area contributed by atoms with Gasteiger partial charge in [-0.05, 0) is 13.0 Å². The van der Waals surface area contributed by atoms with E-state index in [1.165, 1.54) is 0 Å². The number of hydrogen-bond donors (Lipinski definition) is 2. The summed E-state index contributed by atoms with van der Waals surface area (Å²) < 4.78 is 1.83. The van der Waals surface area contributed by atoms with Gasteiger partial charge in [0.05, 0.1) is 11.7 Å². The lowest BCUT2D eigenvalue weighted by Crippen LogP contribution is -2.52. The summed E-state index contributed by atoms with van der Waals surface area (Å²) in [6.07, 6.45) is 1.96. The van der Waals surface area contributed by atoms with E-state index in [-0.39, 0.29) is 11.9 Å². The van der Waals surface area contributed by atoms with E-state index >= 15 is 0 Å². The lowest BCUT2D eigenvalue weighted by molar-refractivity contribution is 0.115. The van der Waals surface area contributed by atoms with Crippen LogP contribution in [0.15, 0.2) is 17.4 Å². The van der Waals surface area contributed by atoms with Crippen LogP contribution in [0.4, 0.5) is 0 Å². The van der Waals surface area contributed by atoms with E-state index in [0.717, 1.165) is 38.4 Å². The summed E-state index contributed by atoms with van der Waals surface area (Å²) in [6.45, 7) is 6.63. The average molecular weight is 266 g/mol. The first-order valence-corrected chi connectivity index (χ1v) is 6.52. The summed E-state index contributed by atoms with van der Waals surface area (Å²) in [6, 6.07) is 2.03. The summed E-state index contributed by atoms with van der Waals surface area (Å²) >= 11 is 0. The highest BCUT2D eigenvalue weighted by Crippen LogP contribution is 2.09. The van der Waals surface area contributed by atoms with Crippen LogP contribution in [0.1, 0.15) is 12.6 Å². The van der Waals surface area contributed by atoms with Crippen LogP contribution in [-0.2, 0) is 13.6 Å². The lowest BCUT2D eigenvalue weighted by atomic mass is 10.2. The molecule has 1 atom stereocenters. The molecule has 0 aliphatic carbocycles. The van der Waals surface area contributed by atoms with Crippen molar-refractivity contribution in [3.63, 3.8) is 0 Å². The highest BCUT2D eigenvalue weighted by atomic mass is 16.4. The van der Waals surface area contributed by atoms with Crippen molar-refractivity contribution in [1.82, 2.24) is 19.6 Å². The van der Waals surface area contributed by atoms with E-state index in [2.05, 4.69) is 20.1 Å². The predicted molar refractivity (Wildman–Crippen MR) is 72.9 cm³/mol. The third-order valence-electron chi connectivity index (χ3n) is 3.65. The number of nitrogens with two attached hydrogens (primary N) is 1. The van der Waals surface area contributed by atoms with Crippen LogP contribution in [0.2, 0.25) is 0 Å². The molecular weight excluding hydrogens is 244 g/mol. The van der Waals surface area contributed by atoms with Crippen molar-refractivity contribution in [1.29, 1.82) is 0 Å². The number of nitrogens with zero attached hydrogens (tertiary/aromatic N) is 5. The molecule has 7 nitrogen and oxygen atoms in total. The first kappa shape index (κ1) is 13.8. The van der Waals surface area contributed by atoms with Gasteiger partial charge in [0.15, 0.2) is 5.84 Å². The number of aromatic nitrogens is 2. The summed E-state index contributed by atoms with van der Waals surface area (Å²) in [5, 5.41) is 16.2. The molecule has 2 heterocycles. The third kappa shape index (κ3) is 3.45. The van der Waals surface area contributed by atoms with Crippen LogP contribution in [0.3, 0.4) is 0 Å². The maximum atomic E-state index is 8.70. The Morgan fingerprint density at radius 2 is 2.16 bits per heavy atom. The number of oxime groups is 1. The van der Waals surface area contributed by atoms with Gasteiger partial charge >= 0.3 is 0 Å². The molecule has 1 aromatic heterocycles. The fourth-order valence-electron chi connectivity index (χ4n) is 2.36. The Kier molecular flexibility index (Phi) is 4.39. The largest absolute Gasteiger partial charge is 0.409 e. The van der Waals surface area contributed by atoms with E-state index in [9.17, 15) is 0 Å². The Bertz CT molecular complexity index is 435. The Hall–Kier alpha value is -1.60.